The molecule has 0 saturated carbocycles. The van der Waals surface area contributed by atoms with E-state index in [1.165, 1.54) is 22.7 Å². The van der Waals surface area contributed by atoms with Crippen molar-refractivity contribution in [2.24, 2.45) is 5.14 Å². The molecule has 0 aliphatic rings. The van der Waals surface area contributed by atoms with Crippen LogP contribution in [0.4, 0.5) is 0 Å². The van der Waals surface area contributed by atoms with Gasteiger partial charge < -0.3 is 0 Å². The SMILES string of the molecule is NSc1scc2cnccc12. The minimum absolute atomic E-state index is 1.16. The number of nitrogens with two attached hydrogens (primary N) is 1. The second-order valence-corrected chi connectivity index (χ2v) is 3.89. The van der Waals surface area contributed by atoms with Gasteiger partial charge in [-0.3, -0.25) is 10.1 Å². The molecule has 0 amide bonds. The lowest BCUT2D eigenvalue weighted by Crippen LogP contribution is -1.75. The van der Waals surface area contributed by atoms with E-state index in [2.05, 4.69) is 10.4 Å². The molecule has 0 aromatic carbocycles. The van der Waals surface area contributed by atoms with Crippen molar-refractivity contribution in [2.45, 2.75) is 4.21 Å². The Kier molecular flexibility index (Phi) is 1.81. The predicted octanol–water partition coefficient (Wildman–Crippen LogP) is 2.26. The van der Waals surface area contributed by atoms with E-state index in [0.29, 0.717) is 0 Å². The largest absolute Gasteiger partial charge is 0.273 e. The van der Waals surface area contributed by atoms with E-state index in [-0.39, 0.29) is 0 Å². The predicted molar refractivity (Wildman–Crippen MR) is 49.7 cm³/mol. The molecule has 56 valence electrons. The number of hydrogen-bond acceptors (Lipinski definition) is 4. The molecular weight excluding hydrogens is 176 g/mol. The van der Waals surface area contributed by atoms with Gasteiger partial charge in [0.25, 0.3) is 0 Å². The van der Waals surface area contributed by atoms with Gasteiger partial charge in [-0.2, -0.15) is 0 Å². The lowest BCUT2D eigenvalue weighted by atomic mass is 10.3. The van der Waals surface area contributed by atoms with Crippen LogP contribution in [0.2, 0.25) is 0 Å². The minimum atomic E-state index is 1.16. The summed E-state index contributed by atoms with van der Waals surface area (Å²) in [5, 5.41) is 9.91. The average Bonchev–Trinajstić information content (AvgIpc) is 2.47. The van der Waals surface area contributed by atoms with Crippen LogP contribution < -0.4 is 5.14 Å². The van der Waals surface area contributed by atoms with Gasteiger partial charge in [-0.25, -0.2) is 0 Å². The lowest BCUT2D eigenvalue weighted by molar-refractivity contribution is 1.37. The van der Waals surface area contributed by atoms with E-state index in [1.54, 1.807) is 17.5 Å². The van der Waals surface area contributed by atoms with Crippen LogP contribution in [-0.2, 0) is 0 Å². The van der Waals surface area contributed by atoms with Crippen LogP contribution in [0.3, 0.4) is 0 Å². The van der Waals surface area contributed by atoms with E-state index in [9.17, 15) is 0 Å². The van der Waals surface area contributed by atoms with Crippen LogP contribution in [0.1, 0.15) is 0 Å². The molecule has 11 heavy (non-hydrogen) atoms. The van der Waals surface area contributed by atoms with Crippen LogP contribution in [-0.4, -0.2) is 4.98 Å². The molecule has 0 fully saturated rings. The topological polar surface area (TPSA) is 38.9 Å². The zero-order valence-electron chi connectivity index (χ0n) is 5.65. The molecule has 0 atom stereocenters. The summed E-state index contributed by atoms with van der Waals surface area (Å²) in [6, 6.07) is 1.99. The fraction of sp³-hybridized carbons (Fsp3) is 0. The summed E-state index contributed by atoms with van der Waals surface area (Å²) in [7, 11) is 0. The number of nitrogens with zero attached hydrogens (tertiary/aromatic N) is 1. The smallest absolute Gasteiger partial charge is 0.0828 e. The van der Waals surface area contributed by atoms with Crippen LogP contribution in [0.15, 0.2) is 28.0 Å². The van der Waals surface area contributed by atoms with Gasteiger partial charge in [0.05, 0.1) is 4.21 Å². The monoisotopic (exact) mass is 182 g/mol. The first-order chi connectivity index (χ1) is 5.42. The molecule has 0 spiro atoms. The molecule has 0 saturated heterocycles. The van der Waals surface area contributed by atoms with E-state index in [4.69, 9.17) is 5.14 Å². The Morgan fingerprint density at radius 1 is 1.55 bits per heavy atom. The van der Waals surface area contributed by atoms with E-state index >= 15 is 0 Å². The Hall–Kier alpha value is -0.580. The molecule has 0 unspecified atom stereocenters. The fourth-order valence-corrected chi connectivity index (χ4v) is 2.37. The highest BCUT2D eigenvalue weighted by molar-refractivity contribution is 7.99. The molecule has 2 aromatic rings. The van der Waals surface area contributed by atoms with Crippen LogP contribution in [0.5, 0.6) is 0 Å². The molecule has 0 aliphatic heterocycles. The third-order valence-corrected chi connectivity index (χ3v) is 3.29. The standard InChI is InChI=1S/C7H6N2S2/c8-11-7-6-1-2-9-3-5(6)4-10-7/h1-4H,8H2. The van der Waals surface area contributed by atoms with Crippen molar-refractivity contribution < 1.29 is 0 Å². The highest BCUT2D eigenvalue weighted by Crippen LogP contribution is 2.30. The molecule has 2 N–H and O–H groups in total. The van der Waals surface area contributed by atoms with E-state index < -0.39 is 0 Å². The third kappa shape index (κ3) is 1.13. The van der Waals surface area contributed by atoms with Crippen LogP contribution >= 0.6 is 23.3 Å². The second kappa shape index (κ2) is 2.81. The Balaban J connectivity index is 2.76. The lowest BCUT2D eigenvalue weighted by Gasteiger charge is -1.89. The molecule has 2 rings (SSSR count). The normalized spacial score (nSPS) is 10.6. The molecule has 2 heterocycles. The van der Waals surface area contributed by atoms with Crippen molar-refractivity contribution in [3.8, 4) is 0 Å². The number of fused-ring (bicyclic) bond motifs is 1. The van der Waals surface area contributed by atoms with E-state index in [1.807, 2.05) is 12.3 Å². The first-order valence-electron chi connectivity index (χ1n) is 3.10. The highest BCUT2D eigenvalue weighted by atomic mass is 32.2. The summed E-state index contributed by atoms with van der Waals surface area (Å²) in [5.41, 5.74) is 0. The first kappa shape index (κ1) is 7.09. The highest BCUT2D eigenvalue weighted by Gasteiger charge is 2.00. The number of pyridine rings is 1. The van der Waals surface area contributed by atoms with Gasteiger partial charge in [-0.15, -0.1) is 11.3 Å². The molecule has 2 nitrogen and oxygen atoms in total. The third-order valence-electron chi connectivity index (χ3n) is 1.47. The molecule has 4 heteroatoms. The molecule has 0 radical (unpaired) electrons. The maximum atomic E-state index is 5.47. The van der Waals surface area contributed by atoms with Gasteiger partial charge in [0.15, 0.2) is 0 Å². The summed E-state index contributed by atoms with van der Waals surface area (Å²) in [4.78, 5) is 4.02. The maximum Gasteiger partial charge on any atom is 0.0828 e. The number of hydrogen-bond donors (Lipinski definition) is 1. The number of thiophene rings is 1. The quantitative estimate of drug-likeness (QED) is 0.687. The van der Waals surface area contributed by atoms with Crippen molar-refractivity contribution in [1.29, 1.82) is 0 Å². The number of rotatable bonds is 1. The van der Waals surface area contributed by atoms with Crippen LogP contribution in [0.25, 0.3) is 10.8 Å². The van der Waals surface area contributed by atoms with Gasteiger partial charge in [-0.1, -0.05) is 0 Å². The Labute approximate surface area is 72.6 Å². The fourth-order valence-electron chi connectivity index (χ4n) is 0.958. The van der Waals surface area contributed by atoms with Gasteiger partial charge in [0.2, 0.25) is 0 Å². The van der Waals surface area contributed by atoms with Crippen molar-refractivity contribution in [1.82, 2.24) is 4.98 Å². The summed E-state index contributed by atoms with van der Waals surface area (Å²) in [6.07, 6.45) is 3.64. The van der Waals surface area contributed by atoms with Gasteiger partial charge in [0, 0.05) is 28.5 Å². The van der Waals surface area contributed by atoms with Crippen molar-refractivity contribution in [3.63, 3.8) is 0 Å². The second-order valence-electron chi connectivity index (χ2n) is 2.10. The Bertz CT molecular complexity index is 369. The molecule has 2 aromatic heterocycles. The summed E-state index contributed by atoms with van der Waals surface area (Å²) < 4.78 is 1.16. The summed E-state index contributed by atoms with van der Waals surface area (Å²) in [5.74, 6) is 0. The first-order valence-corrected chi connectivity index (χ1v) is 4.85. The van der Waals surface area contributed by atoms with Crippen LogP contribution in [0, 0.1) is 0 Å². The molecule has 0 bridgehead atoms. The average molecular weight is 182 g/mol. The van der Waals surface area contributed by atoms with Gasteiger partial charge in [0.1, 0.15) is 0 Å². The zero-order chi connectivity index (χ0) is 7.68. The van der Waals surface area contributed by atoms with Gasteiger partial charge >= 0.3 is 0 Å². The zero-order valence-corrected chi connectivity index (χ0v) is 7.28. The Morgan fingerprint density at radius 3 is 3.27 bits per heavy atom. The number of aromatic nitrogens is 1. The van der Waals surface area contributed by atoms with Gasteiger partial charge in [-0.05, 0) is 18.0 Å². The van der Waals surface area contributed by atoms with Crippen molar-refractivity contribution in [3.05, 3.63) is 23.8 Å². The molecule has 0 aliphatic carbocycles. The summed E-state index contributed by atoms with van der Waals surface area (Å²) >= 11 is 2.96. The van der Waals surface area contributed by atoms with E-state index in [0.717, 1.165) is 4.21 Å². The van der Waals surface area contributed by atoms with Crippen molar-refractivity contribution in [2.75, 3.05) is 0 Å². The van der Waals surface area contributed by atoms with Crippen molar-refractivity contribution >= 4 is 34.1 Å². The molecular formula is C7H6N2S2. The Morgan fingerprint density at radius 2 is 2.45 bits per heavy atom. The maximum absolute atomic E-state index is 5.47. The summed E-state index contributed by atoms with van der Waals surface area (Å²) in [6.45, 7) is 0. The minimum Gasteiger partial charge on any atom is -0.273 e.